The van der Waals surface area contributed by atoms with E-state index in [0.29, 0.717) is 25.8 Å². The number of carboxylic acid groups (broad SMARTS) is 1. The van der Waals surface area contributed by atoms with E-state index in [4.69, 9.17) is 5.11 Å². The van der Waals surface area contributed by atoms with Gasteiger partial charge in [-0.05, 0) is 18.8 Å². The topological polar surface area (TPSA) is 95.5 Å². The smallest absolute Gasteiger partial charge is 0.326 e. The molecule has 0 spiro atoms. The van der Waals surface area contributed by atoms with Gasteiger partial charge in [0.2, 0.25) is 11.8 Å². The number of hydrogen-bond donors (Lipinski definition) is 3. The molecular formula is C12H20N2O4. The second kappa shape index (κ2) is 6.37. The average molecular weight is 256 g/mol. The SMILES string of the molecule is CC(C)C[C@@H](NC(=O)C1CCC(=O)NC1)C(=O)O. The molecule has 0 bridgehead atoms. The number of piperidine rings is 1. The van der Waals surface area contributed by atoms with E-state index in [1.54, 1.807) is 0 Å². The van der Waals surface area contributed by atoms with Gasteiger partial charge in [0.05, 0.1) is 5.92 Å². The quantitative estimate of drug-likeness (QED) is 0.651. The van der Waals surface area contributed by atoms with Crippen molar-refractivity contribution < 1.29 is 19.5 Å². The number of aliphatic carboxylic acids is 1. The molecule has 0 aromatic rings. The summed E-state index contributed by atoms with van der Waals surface area (Å²) in [5.74, 6) is -1.50. The molecule has 18 heavy (non-hydrogen) atoms. The third-order valence-corrected chi connectivity index (χ3v) is 2.96. The highest BCUT2D eigenvalue weighted by molar-refractivity contribution is 5.87. The van der Waals surface area contributed by atoms with Crippen molar-refractivity contribution in [2.24, 2.45) is 11.8 Å². The van der Waals surface area contributed by atoms with Gasteiger partial charge < -0.3 is 15.7 Å². The van der Waals surface area contributed by atoms with E-state index in [9.17, 15) is 14.4 Å². The average Bonchev–Trinajstić information content (AvgIpc) is 2.28. The second-order valence-electron chi connectivity index (χ2n) is 5.07. The molecule has 1 aliphatic heterocycles. The maximum atomic E-state index is 11.9. The minimum Gasteiger partial charge on any atom is -0.480 e. The first-order valence-corrected chi connectivity index (χ1v) is 6.20. The highest BCUT2D eigenvalue weighted by Gasteiger charge is 2.28. The Morgan fingerprint density at radius 2 is 2.17 bits per heavy atom. The molecule has 3 N–H and O–H groups in total. The lowest BCUT2D eigenvalue weighted by atomic mass is 9.97. The van der Waals surface area contributed by atoms with Gasteiger partial charge in [-0.3, -0.25) is 9.59 Å². The lowest BCUT2D eigenvalue weighted by Gasteiger charge is -2.24. The van der Waals surface area contributed by atoms with Crippen LogP contribution in [0, 0.1) is 11.8 Å². The molecule has 2 atom stereocenters. The molecule has 0 saturated carbocycles. The first-order chi connectivity index (χ1) is 8.40. The van der Waals surface area contributed by atoms with E-state index in [-0.39, 0.29) is 23.7 Å². The summed E-state index contributed by atoms with van der Waals surface area (Å²) in [5, 5.41) is 14.2. The highest BCUT2D eigenvalue weighted by atomic mass is 16.4. The molecule has 1 unspecified atom stereocenters. The zero-order valence-corrected chi connectivity index (χ0v) is 10.7. The third kappa shape index (κ3) is 4.35. The monoisotopic (exact) mass is 256 g/mol. The van der Waals surface area contributed by atoms with Gasteiger partial charge in [0.1, 0.15) is 6.04 Å². The zero-order valence-electron chi connectivity index (χ0n) is 10.7. The summed E-state index contributed by atoms with van der Waals surface area (Å²) in [6.07, 6.45) is 1.20. The molecule has 0 aliphatic carbocycles. The van der Waals surface area contributed by atoms with Crippen LogP contribution in [-0.4, -0.2) is 35.5 Å². The maximum absolute atomic E-state index is 11.9. The standard InChI is InChI=1S/C12H20N2O4/c1-7(2)5-9(12(17)18)14-11(16)8-3-4-10(15)13-6-8/h7-9H,3-6H2,1-2H3,(H,13,15)(H,14,16)(H,17,18)/t8?,9-/m1/s1. The van der Waals surface area contributed by atoms with Gasteiger partial charge in [-0.15, -0.1) is 0 Å². The number of amides is 2. The van der Waals surface area contributed by atoms with Gasteiger partial charge in [0.15, 0.2) is 0 Å². The fourth-order valence-electron chi connectivity index (χ4n) is 1.94. The van der Waals surface area contributed by atoms with Crippen molar-refractivity contribution in [2.75, 3.05) is 6.54 Å². The Morgan fingerprint density at radius 1 is 1.50 bits per heavy atom. The number of carbonyl (C=O) groups is 3. The van der Waals surface area contributed by atoms with Gasteiger partial charge in [-0.1, -0.05) is 13.8 Å². The number of hydrogen-bond acceptors (Lipinski definition) is 3. The number of nitrogens with one attached hydrogen (secondary N) is 2. The minimum atomic E-state index is -1.02. The first kappa shape index (κ1) is 14.5. The zero-order chi connectivity index (χ0) is 13.7. The molecule has 0 aromatic heterocycles. The van der Waals surface area contributed by atoms with Crippen LogP contribution in [0.4, 0.5) is 0 Å². The van der Waals surface area contributed by atoms with Crippen LogP contribution < -0.4 is 10.6 Å². The van der Waals surface area contributed by atoms with Crippen molar-refractivity contribution in [3.05, 3.63) is 0 Å². The molecule has 1 aliphatic rings. The van der Waals surface area contributed by atoms with Crippen LogP contribution in [-0.2, 0) is 14.4 Å². The van der Waals surface area contributed by atoms with E-state index < -0.39 is 12.0 Å². The molecule has 1 heterocycles. The van der Waals surface area contributed by atoms with Crippen LogP contribution in [0.3, 0.4) is 0 Å². The predicted octanol–water partition coefficient (Wildman–Crippen LogP) is 0.128. The normalized spacial score (nSPS) is 21.3. The summed E-state index contributed by atoms with van der Waals surface area (Å²) in [6.45, 7) is 4.10. The third-order valence-electron chi connectivity index (χ3n) is 2.96. The Hall–Kier alpha value is -1.59. The minimum absolute atomic E-state index is 0.0592. The molecule has 1 saturated heterocycles. The van der Waals surface area contributed by atoms with E-state index in [2.05, 4.69) is 10.6 Å². The van der Waals surface area contributed by atoms with Gasteiger partial charge in [-0.2, -0.15) is 0 Å². The summed E-state index contributed by atoms with van der Waals surface area (Å²) < 4.78 is 0. The summed E-state index contributed by atoms with van der Waals surface area (Å²) in [4.78, 5) is 33.9. The van der Waals surface area contributed by atoms with E-state index in [1.807, 2.05) is 13.8 Å². The van der Waals surface area contributed by atoms with E-state index >= 15 is 0 Å². The fraction of sp³-hybridized carbons (Fsp3) is 0.750. The Labute approximate surface area is 106 Å². The predicted molar refractivity (Wildman–Crippen MR) is 64.8 cm³/mol. The molecule has 6 heteroatoms. The Morgan fingerprint density at radius 3 is 2.61 bits per heavy atom. The summed E-state index contributed by atoms with van der Waals surface area (Å²) >= 11 is 0. The summed E-state index contributed by atoms with van der Waals surface area (Å²) in [7, 11) is 0. The molecule has 6 nitrogen and oxygen atoms in total. The Kier molecular flexibility index (Phi) is 5.12. The fourth-order valence-corrected chi connectivity index (χ4v) is 1.94. The number of carboxylic acids is 1. The van der Waals surface area contributed by atoms with Crippen molar-refractivity contribution in [2.45, 2.75) is 39.2 Å². The Bertz CT molecular complexity index is 331. The number of carbonyl (C=O) groups excluding carboxylic acids is 2. The lowest BCUT2D eigenvalue weighted by Crippen LogP contribution is -2.48. The van der Waals surface area contributed by atoms with Crippen LogP contribution in [0.2, 0.25) is 0 Å². The highest BCUT2D eigenvalue weighted by Crippen LogP contribution is 2.12. The molecule has 0 aromatic carbocycles. The summed E-state index contributed by atoms with van der Waals surface area (Å²) in [6, 6.07) is -0.852. The van der Waals surface area contributed by atoms with Gasteiger partial charge >= 0.3 is 5.97 Å². The molecule has 0 radical (unpaired) electrons. The molecule has 1 fully saturated rings. The van der Waals surface area contributed by atoms with Crippen molar-refractivity contribution in [1.82, 2.24) is 10.6 Å². The largest absolute Gasteiger partial charge is 0.480 e. The van der Waals surface area contributed by atoms with Crippen molar-refractivity contribution >= 4 is 17.8 Å². The molecular weight excluding hydrogens is 236 g/mol. The van der Waals surface area contributed by atoms with Crippen LogP contribution >= 0.6 is 0 Å². The van der Waals surface area contributed by atoms with Crippen molar-refractivity contribution in [3.8, 4) is 0 Å². The Balaban J connectivity index is 2.50. The second-order valence-corrected chi connectivity index (χ2v) is 5.07. The molecule has 102 valence electrons. The molecule has 1 rings (SSSR count). The van der Waals surface area contributed by atoms with Crippen LogP contribution in [0.25, 0.3) is 0 Å². The maximum Gasteiger partial charge on any atom is 0.326 e. The van der Waals surface area contributed by atoms with Crippen LogP contribution in [0.15, 0.2) is 0 Å². The van der Waals surface area contributed by atoms with Crippen molar-refractivity contribution in [1.29, 1.82) is 0 Å². The van der Waals surface area contributed by atoms with Gasteiger partial charge in [0, 0.05) is 13.0 Å². The van der Waals surface area contributed by atoms with Gasteiger partial charge in [-0.25, -0.2) is 4.79 Å². The van der Waals surface area contributed by atoms with Crippen molar-refractivity contribution in [3.63, 3.8) is 0 Å². The number of rotatable bonds is 5. The van der Waals surface area contributed by atoms with Crippen LogP contribution in [0.1, 0.15) is 33.1 Å². The lowest BCUT2D eigenvalue weighted by molar-refractivity contribution is -0.143. The first-order valence-electron chi connectivity index (χ1n) is 6.20. The van der Waals surface area contributed by atoms with Gasteiger partial charge in [0.25, 0.3) is 0 Å². The molecule has 2 amide bonds. The van der Waals surface area contributed by atoms with E-state index in [1.165, 1.54) is 0 Å². The van der Waals surface area contributed by atoms with E-state index in [0.717, 1.165) is 0 Å². The van der Waals surface area contributed by atoms with Crippen LogP contribution in [0.5, 0.6) is 0 Å². The summed E-state index contributed by atoms with van der Waals surface area (Å²) in [5.41, 5.74) is 0.